The molecule has 1 atom stereocenters. The summed E-state index contributed by atoms with van der Waals surface area (Å²) in [5.74, 6) is 6.19. The van der Waals surface area contributed by atoms with Crippen molar-refractivity contribution in [3.05, 3.63) is 60.2 Å². The van der Waals surface area contributed by atoms with E-state index in [1.807, 2.05) is 0 Å². The minimum atomic E-state index is -1.14. The second-order valence-electron chi connectivity index (χ2n) is 8.52. The van der Waals surface area contributed by atoms with E-state index in [0.717, 1.165) is 0 Å². The monoisotopic (exact) mass is 489 g/mol. The quantitative estimate of drug-likeness (QED) is 0.517. The van der Waals surface area contributed by atoms with Crippen LogP contribution in [-0.4, -0.2) is 70.2 Å². The number of nitrogens with zero attached hydrogens (tertiary/aromatic N) is 4. The molecule has 0 saturated carbocycles. The van der Waals surface area contributed by atoms with Crippen LogP contribution in [0.3, 0.4) is 0 Å². The van der Waals surface area contributed by atoms with E-state index in [2.05, 4.69) is 27.2 Å². The largest absolute Gasteiger partial charge is 0.489 e. The normalized spacial score (nSPS) is 18.0. The van der Waals surface area contributed by atoms with E-state index >= 15 is 0 Å². The van der Waals surface area contributed by atoms with Crippen LogP contribution in [0.1, 0.15) is 16.1 Å². The van der Waals surface area contributed by atoms with Gasteiger partial charge in [-0.25, -0.2) is 0 Å². The Morgan fingerprint density at radius 2 is 2.08 bits per heavy atom. The molecule has 1 saturated heterocycles. The number of likely N-dealkylation sites (N-methyl/N-ethyl adjacent to an activating group) is 1. The maximum Gasteiger partial charge on any atom is 0.270 e. The van der Waals surface area contributed by atoms with Gasteiger partial charge in [0.25, 0.3) is 11.8 Å². The molecule has 3 aromatic rings. The fraction of sp³-hybridized carbons (Fsp3) is 0.280. The lowest BCUT2D eigenvalue weighted by Crippen LogP contribution is -2.49. The predicted octanol–water partition coefficient (Wildman–Crippen LogP) is 0.874. The van der Waals surface area contributed by atoms with Crippen molar-refractivity contribution in [3.63, 3.8) is 0 Å². The van der Waals surface area contributed by atoms with Gasteiger partial charge in [0.1, 0.15) is 29.8 Å². The van der Waals surface area contributed by atoms with E-state index in [-0.39, 0.29) is 31.4 Å². The number of hydrogen-bond donors (Lipinski definition) is 2. The first-order chi connectivity index (χ1) is 17.3. The second kappa shape index (κ2) is 9.33. The standard InChI is InChI=1S/C25H23N5O6/c1-29-12-18(11-27-29)36-17-6-8-26-19(10-17)23(31)28-20-13-35-22-4-3-16(5-7-25(33)14-34-15-25)9-21(22)30(2)24(20)32/h3-4,6,8-12,20,33H,13-15H2,1-2H3,(H,28,31). The Bertz CT molecular complexity index is 1390. The third-order valence-electron chi connectivity index (χ3n) is 5.66. The lowest BCUT2D eigenvalue weighted by molar-refractivity contribution is -0.140. The van der Waals surface area contributed by atoms with E-state index in [4.69, 9.17) is 14.2 Å². The van der Waals surface area contributed by atoms with Gasteiger partial charge in [-0.1, -0.05) is 11.8 Å². The molecule has 2 aliphatic rings. The van der Waals surface area contributed by atoms with Gasteiger partial charge in [-0.15, -0.1) is 0 Å². The summed E-state index contributed by atoms with van der Waals surface area (Å²) < 4.78 is 18.1. The lowest BCUT2D eigenvalue weighted by atomic mass is 10.0. The van der Waals surface area contributed by atoms with Crippen molar-refractivity contribution in [3.8, 4) is 29.1 Å². The number of benzene rings is 1. The van der Waals surface area contributed by atoms with Crippen molar-refractivity contribution in [1.82, 2.24) is 20.1 Å². The van der Waals surface area contributed by atoms with Crippen LogP contribution in [0.4, 0.5) is 5.69 Å². The molecule has 1 unspecified atom stereocenters. The van der Waals surface area contributed by atoms with E-state index in [1.165, 1.54) is 17.2 Å². The number of rotatable bonds is 4. The summed E-state index contributed by atoms with van der Waals surface area (Å²) in [6.45, 7) is 0.276. The maximum atomic E-state index is 13.2. The number of aliphatic hydroxyl groups is 1. The molecule has 2 N–H and O–H groups in total. The first-order valence-electron chi connectivity index (χ1n) is 11.1. The maximum absolute atomic E-state index is 13.2. The molecule has 0 aliphatic carbocycles. The van der Waals surface area contributed by atoms with Crippen LogP contribution in [0.5, 0.6) is 17.2 Å². The van der Waals surface area contributed by atoms with Gasteiger partial charge in [-0.2, -0.15) is 5.10 Å². The zero-order valence-electron chi connectivity index (χ0n) is 19.6. The highest BCUT2D eigenvalue weighted by Crippen LogP contribution is 2.31. The molecule has 184 valence electrons. The molecule has 11 heteroatoms. The van der Waals surface area contributed by atoms with E-state index in [9.17, 15) is 14.7 Å². The van der Waals surface area contributed by atoms with Gasteiger partial charge in [0.15, 0.2) is 11.4 Å². The zero-order valence-corrected chi connectivity index (χ0v) is 19.6. The first kappa shape index (κ1) is 23.3. The summed E-state index contributed by atoms with van der Waals surface area (Å²) in [6, 6.07) is 7.30. The average Bonchev–Trinajstić information content (AvgIpc) is 3.23. The van der Waals surface area contributed by atoms with Gasteiger partial charge < -0.3 is 29.5 Å². The average molecular weight is 489 g/mol. The fourth-order valence-corrected chi connectivity index (χ4v) is 3.65. The molecule has 2 aromatic heterocycles. The van der Waals surface area contributed by atoms with Crippen LogP contribution in [0.25, 0.3) is 0 Å². The van der Waals surface area contributed by atoms with Crippen molar-refractivity contribution in [1.29, 1.82) is 0 Å². The third kappa shape index (κ3) is 4.86. The molecular weight excluding hydrogens is 466 g/mol. The van der Waals surface area contributed by atoms with E-state index < -0.39 is 17.6 Å². The first-order valence-corrected chi connectivity index (χ1v) is 11.1. The van der Waals surface area contributed by atoms with Crippen molar-refractivity contribution in [2.45, 2.75) is 11.6 Å². The van der Waals surface area contributed by atoms with Crippen LogP contribution >= 0.6 is 0 Å². The SMILES string of the molecule is CN1C(=O)C(NC(=O)c2cc(Oc3cnn(C)c3)ccn2)COc2ccc(C#CC3(O)COC3)cc21. The summed E-state index contributed by atoms with van der Waals surface area (Å²) in [5.41, 5.74) is 0.0540. The molecule has 0 bridgehead atoms. The number of anilines is 1. The van der Waals surface area contributed by atoms with Crippen molar-refractivity contribution in [2.24, 2.45) is 7.05 Å². The number of carbonyl (C=O) groups excluding carboxylic acids is 2. The molecule has 5 rings (SSSR count). The van der Waals surface area contributed by atoms with E-state index in [0.29, 0.717) is 28.5 Å². The number of aromatic nitrogens is 3. The van der Waals surface area contributed by atoms with Crippen LogP contribution in [-0.2, 0) is 16.6 Å². The molecule has 1 fully saturated rings. The Balaban J connectivity index is 1.29. The van der Waals surface area contributed by atoms with Gasteiger partial charge in [-0.3, -0.25) is 19.3 Å². The molecule has 2 amide bonds. The molecule has 11 nitrogen and oxygen atoms in total. The minimum absolute atomic E-state index is 0.0596. The Morgan fingerprint density at radius 3 is 2.81 bits per heavy atom. The van der Waals surface area contributed by atoms with Crippen LogP contribution < -0.4 is 19.7 Å². The van der Waals surface area contributed by atoms with Crippen LogP contribution in [0.2, 0.25) is 0 Å². The number of aryl methyl sites for hydroxylation is 1. The molecule has 2 aliphatic heterocycles. The van der Waals surface area contributed by atoms with E-state index in [1.54, 1.807) is 55.4 Å². The van der Waals surface area contributed by atoms with Gasteiger partial charge in [0.2, 0.25) is 0 Å². The Kier molecular flexibility index (Phi) is 6.05. The third-order valence-corrected chi connectivity index (χ3v) is 5.66. The number of pyridine rings is 1. The minimum Gasteiger partial charge on any atom is -0.489 e. The van der Waals surface area contributed by atoms with Crippen LogP contribution in [0, 0.1) is 11.8 Å². The molecule has 36 heavy (non-hydrogen) atoms. The number of hydrogen-bond acceptors (Lipinski definition) is 8. The fourth-order valence-electron chi connectivity index (χ4n) is 3.65. The second-order valence-corrected chi connectivity index (χ2v) is 8.52. The highest BCUT2D eigenvalue weighted by Gasteiger charge is 2.34. The van der Waals surface area contributed by atoms with Crippen molar-refractivity contribution < 1.29 is 28.9 Å². The number of amides is 2. The zero-order chi connectivity index (χ0) is 25.3. The molecule has 0 radical (unpaired) electrons. The lowest BCUT2D eigenvalue weighted by Gasteiger charge is -2.30. The Morgan fingerprint density at radius 1 is 1.25 bits per heavy atom. The summed E-state index contributed by atoms with van der Waals surface area (Å²) >= 11 is 0. The number of ether oxygens (including phenoxy) is 3. The molecule has 4 heterocycles. The van der Waals surface area contributed by atoms with Crippen molar-refractivity contribution >= 4 is 17.5 Å². The summed E-state index contributed by atoms with van der Waals surface area (Å²) in [7, 11) is 3.36. The van der Waals surface area contributed by atoms with Crippen molar-refractivity contribution in [2.75, 3.05) is 31.8 Å². The Labute approximate surface area is 206 Å². The molecule has 1 aromatic carbocycles. The molecule has 0 spiro atoms. The number of fused-ring (bicyclic) bond motifs is 1. The topological polar surface area (TPSA) is 128 Å². The van der Waals surface area contributed by atoms with Gasteiger partial charge >= 0.3 is 0 Å². The number of nitrogens with one attached hydrogen (secondary N) is 1. The van der Waals surface area contributed by atoms with Gasteiger partial charge in [0.05, 0.1) is 31.3 Å². The van der Waals surface area contributed by atoms with Gasteiger partial charge in [0, 0.05) is 31.9 Å². The highest BCUT2D eigenvalue weighted by molar-refractivity contribution is 6.03. The predicted molar refractivity (Wildman–Crippen MR) is 127 cm³/mol. The summed E-state index contributed by atoms with van der Waals surface area (Å²) in [4.78, 5) is 31.6. The van der Waals surface area contributed by atoms with Gasteiger partial charge in [-0.05, 0) is 24.3 Å². The van der Waals surface area contributed by atoms with Crippen LogP contribution in [0.15, 0.2) is 48.9 Å². The molecular formula is C25H23N5O6. The number of carbonyl (C=O) groups is 2. The Hall–Kier alpha value is -4.40. The smallest absolute Gasteiger partial charge is 0.270 e. The highest BCUT2D eigenvalue weighted by atomic mass is 16.5. The summed E-state index contributed by atoms with van der Waals surface area (Å²) in [5, 5.41) is 16.8. The summed E-state index contributed by atoms with van der Waals surface area (Å²) in [6.07, 6.45) is 4.69.